The zero-order valence-corrected chi connectivity index (χ0v) is 17.9. The SMILES string of the molecule is CC.CCC.CCCCN(Cc1nc(C)c(C)[nH]1)C(=O)CNC(=O)OC. The fourth-order valence-corrected chi connectivity index (χ4v) is 1.85. The van der Waals surface area contributed by atoms with Crippen molar-refractivity contribution in [2.75, 3.05) is 20.2 Å². The summed E-state index contributed by atoms with van der Waals surface area (Å²) in [6.45, 7) is 15.2. The molecule has 1 rings (SSSR count). The largest absolute Gasteiger partial charge is 0.453 e. The Bertz CT molecular complexity index is 481. The molecular formula is C19H38N4O3. The number of ether oxygens (including phenoxy) is 1. The first-order chi connectivity index (χ1) is 12.4. The van der Waals surface area contributed by atoms with Gasteiger partial charge in [-0.25, -0.2) is 9.78 Å². The van der Waals surface area contributed by atoms with E-state index in [1.54, 1.807) is 4.90 Å². The highest BCUT2D eigenvalue weighted by molar-refractivity contribution is 5.82. The number of carbonyl (C=O) groups is 2. The lowest BCUT2D eigenvalue weighted by atomic mass is 10.3. The second-order valence-electron chi connectivity index (χ2n) is 5.61. The van der Waals surface area contributed by atoms with Crippen LogP contribution in [0.25, 0.3) is 0 Å². The van der Waals surface area contributed by atoms with Gasteiger partial charge in [-0.2, -0.15) is 0 Å². The van der Waals surface area contributed by atoms with E-state index in [4.69, 9.17) is 0 Å². The molecule has 0 atom stereocenters. The minimum atomic E-state index is -0.608. The number of hydrogen-bond donors (Lipinski definition) is 2. The number of aromatic nitrogens is 2. The number of carbonyl (C=O) groups excluding carboxylic acids is 2. The summed E-state index contributed by atoms with van der Waals surface area (Å²) >= 11 is 0. The average Bonchev–Trinajstić information content (AvgIpc) is 2.96. The number of methoxy groups -OCH3 is 1. The van der Waals surface area contributed by atoms with Crippen LogP contribution in [0, 0.1) is 13.8 Å². The molecule has 0 radical (unpaired) electrons. The van der Waals surface area contributed by atoms with Gasteiger partial charge in [0.05, 0.1) is 19.3 Å². The van der Waals surface area contributed by atoms with Crippen LogP contribution in [0.15, 0.2) is 0 Å². The fourth-order valence-electron chi connectivity index (χ4n) is 1.85. The normalized spacial score (nSPS) is 9.23. The molecule has 7 heteroatoms. The van der Waals surface area contributed by atoms with E-state index in [2.05, 4.69) is 40.8 Å². The quantitative estimate of drug-likeness (QED) is 0.760. The number of amides is 2. The Morgan fingerprint density at radius 2 is 1.77 bits per heavy atom. The summed E-state index contributed by atoms with van der Waals surface area (Å²) in [5.74, 6) is 0.605. The van der Waals surface area contributed by atoms with Gasteiger partial charge in [0.2, 0.25) is 5.91 Å². The second-order valence-corrected chi connectivity index (χ2v) is 5.61. The Labute approximate surface area is 158 Å². The predicted octanol–water partition coefficient (Wildman–Crippen LogP) is 3.95. The molecule has 0 aromatic carbocycles. The zero-order chi connectivity index (χ0) is 20.5. The minimum Gasteiger partial charge on any atom is -0.453 e. The topological polar surface area (TPSA) is 87.3 Å². The van der Waals surface area contributed by atoms with Crippen LogP contribution in [0.2, 0.25) is 0 Å². The van der Waals surface area contributed by atoms with Gasteiger partial charge in [-0.15, -0.1) is 0 Å². The Hall–Kier alpha value is -2.05. The number of nitrogens with zero attached hydrogens (tertiary/aromatic N) is 2. The van der Waals surface area contributed by atoms with E-state index in [0.29, 0.717) is 13.1 Å². The molecule has 0 aliphatic rings. The van der Waals surface area contributed by atoms with Crippen LogP contribution in [0.1, 0.15) is 71.1 Å². The third-order valence-electron chi connectivity index (χ3n) is 3.22. The highest BCUT2D eigenvalue weighted by atomic mass is 16.5. The molecule has 7 nitrogen and oxygen atoms in total. The molecule has 2 amide bonds. The molecule has 0 fully saturated rings. The Kier molecular flexibility index (Phi) is 16.5. The molecule has 1 aromatic heterocycles. The van der Waals surface area contributed by atoms with Gasteiger partial charge in [0.1, 0.15) is 12.4 Å². The third kappa shape index (κ3) is 11.5. The number of aromatic amines is 1. The maximum atomic E-state index is 12.2. The molecule has 0 aliphatic carbocycles. The number of nitrogens with one attached hydrogen (secondary N) is 2. The Balaban J connectivity index is 0. The van der Waals surface area contributed by atoms with Crippen LogP contribution in [0.4, 0.5) is 4.79 Å². The summed E-state index contributed by atoms with van der Waals surface area (Å²) in [4.78, 5) is 32.5. The molecule has 0 saturated carbocycles. The molecule has 26 heavy (non-hydrogen) atoms. The monoisotopic (exact) mass is 370 g/mol. The first-order valence-electron chi connectivity index (χ1n) is 9.51. The number of hydrogen-bond acceptors (Lipinski definition) is 4. The van der Waals surface area contributed by atoms with Gasteiger partial charge < -0.3 is 19.9 Å². The van der Waals surface area contributed by atoms with Gasteiger partial charge in [0.25, 0.3) is 0 Å². The molecule has 0 aliphatic heterocycles. The van der Waals surface area contributed by atoms with Gasteiger partial charge in [-0.3, -0.25) is 4.79 Å². The summed E-state index contributed by atoms with van der Waals surface area (Å²) in [5, 5.41) is 2.41. The van der Waals surface area contributed by atoms with E-state index in [1.165, 1.54) is 13.5 Å². The summed E-state index contributed by atoms with van der Waals surface area (Å²) in [5.41, 5.74) is 1.93. The van der Waals surface area contributed by atoms with Crippen LogP contribution < -0.4 is 5.32 Å². The predicted molar refractivity (Wildman–Crippen MR) is 106 cm³/mol. The third-order valence-corrected chi connectivity index (χ3v) is 3.22. The van der Waals surface area contributed by atoms with E-state index >= 15 is 0 Å². The maximum absolute atomic E-state index is 12.2. The standard InChI is InChI=1S/C14H24N4O3.C3H8.C2H6/c1-5-6-7-18(13(19)8-15-14(20)21-4)9-12-16-10(2)11(3)17-12;1-3-2;1-2/h5-9H2,1-4H3,(H,15,20)(H,16,17);3H2,1-2H3;1-2H3. The minimum absolute atomic E-state index is 0.0743. The molecule has 2 N–H and O–H groups in total. The first-order valence-corrected chi connectivity index (χ1v) is 9.51. The van der Waals surface area contributed by atoms with Crippen molar-refractivity contribution in [3.63, 3.8) is 0 Å². The van der Waals surface area contributed by atoms with Crippen LogP contribution in [-0.2, 0) is 16.1 Å². The molecule has 0 spiro atoms. The van der Waals surface area contributed by atoms with Crippen molar-refractivity contribution in [2.24, 2.45) is 0 Å². The van der Waals surface area contributed by atoms with Crippen molar-refractivity contribution in [1.82, 2.24) is 20.2 Å². The van der Waals surface area contributed by atoms with Gasteiger partial charge in [0, 0.05) is 12.2 Å². The van der Waals surface area contributed by atoms with Crippen LogP contribution >= 0.6 is 0 Å². The number of rotatable bonds is 7. The van der Waals surface area contributed by atoms with E-state index < -0.39 is 6.09 Å². The average molecular weight is 371 g/mol. The van der Waals surface area contributed by atoms with E-state index in [0.717, 1.165) is 30.1 Å². The lowest BCUT2D eigenvalue weighted by Crippen LogP contribution is -2.40. The smallest absolute Gasteiger partial charge is 0.407 e. The fraction of sp³-hybridized carbons (Fsp3) is 0.737. The van der Waals surface area contributed by atoms with Crippen LogP contribution in [0.3, 0.4) is 0 Å². The van der Waals surface area contributed by atoms with E-state index in [-0.39, 0.29) is 12.5 Å². The van der Waals surface area contributed by atoms with Gasteiger partial charge >= 0.3 is 6.09 Å². The molecule has 152 valence electrons. The van der Waals surface area contributed by atoms with Crippen molar-refractivity contribution < 1.29 is 14.3 Å². The highest BCUT2D eigenvalue weighted by Gasteiger charge is 2.16. The summed E-state index contributed by atoms with van der Waals surface area (Å²) < 4.78 is 4.46. The van der Waals surface area contributed by atoms with Crippen molar-refractivity contribution in [3.05, 3.63) is 17.2 Å². The molecule has 0 saturated heterocycles. The molecule has 1 heterocycles. The second kappa shape index (κ2) is 16.4. The molecule has 0 bridgehead atoms. The highest BCUT2D eigenvalue weighted by Crippen LogP contribution is 2.07. The first kappa shape index (κ1) is 26.2. The number of H-pyrrole nitrogens is 1. The molecule has 0 unspecified atom stereocenters. The van der Waals surface area contributed by atoms with Crippen molar-refractivity contribution in [3.8, 4) is 0 Å². The Morgan fingerprint density at radius 3 is 2.19 bits per heavy atom. The van der Waals surface area contributed by atoms with Crippen LogP contribution in [0.5, 0.6) is 0 Å². The zero-order valence-electron chi connectivity index (χ0n) is 17.9. The number of unbranched alkanes of at least 4 members (excludes halogenated alkanes) is 1. The van der Waals surface area contributed by atoms with Gasteiger partial charge in [-0.1, -0.05) is 47.5 Å². The Morgan fingerprint density at radius 1 is 1.19 bits per heavy atom. The number of imidazole rings is 1. The van der Waals surface area contributed by atoms with Crippen molar-refractivity contribution in [1.29, 1.82) is 0 Å². The lowest BCUT2D eigenvalue weighted by molar-refractivity contribution is -0.131. The summed E-state index contributed by atoms with van der Waals surface area (Å²) in [6.07, 6.45) is 2.54. The van der Waals surface area contributed by atoms with E-state index in [9.17, 15) is 9.59 Å². The summed E-state index contributed by atoms with van der Waals surface area (Å²) in [6, 6.07) is 0. The van der Waals surface area contributed by atoms with Crippen molar-refractivity contribution in [2.45, 2.75) is 74.3 Å². The molecule has 1 aromatic rings. The van der Waals surface area contributed by atoms with E-state index in [1.807, 2.05) is 27.7 Å². The summed E-state index contributed by atoms with van der Waals surface area (Å²) in [7, 11) is 1.27. The lowest BCUT2D eigenvalue weighted by Gasteiger charge is -2.21. The van der Waals surface area contributed by atoms with Gasteiger partial charge in [0.15, 0.2) is 0 Å². The van der Waals surface area contributed by atoms with Crippen LogP contribution in [-0.4, -0.2) is 47.1 Å². The maximum Gasteiger partial charge on any atom is 0.407 e. The number of alkyl carbamates (subject to hydrolysis) is 1. The van der Waals surface area contributed by atoms with Gasteiger partial charge in [-0.05, 0) is 20.3 Å². The number of aryl methyl sites for hydroxylation is 2. The molecular weight excluding hydrogens is 332 g/mol. The van der Waals surface area contributed by atoms with Crippen molar-refractivity contribution >= 4 is 12.0 Å².